The fourth-order valence-corrected chi connectivity index (χ4v) is 1.19. The van der Waals surface area contributed by atoms with Crippen LogP contribution in [0.1, 0.15) is 12.6 Å². The van der Waals surface area contributed by atoms with E-state index in [1.165, 1.54) is 0 Å². The Labute approximate surface area is 76.9 Å². The molecule has 1 heterocycles. The van der Waals surface area contributed by atoms with E-state index in [0.29, 0.717) is 0 Å². The molecule has 2 heteroatoms. The zero-order valence-electron chi connectivity index (χ0n) is 7.49. The van der Waals surface area contributed by atoms with Crippen LogP contribution in [0.3, 0.4) is 0 Å². The van der Waals surface area contributed by atoms with Gasteiger partial charge in [-0.1, -0.05) is 24.8 Å². The van der Waals surface area contributed by atoms with Gasteiger partial charge in [0.25, 0.3) is 0 Å². The first-order valence-corrected chi connectivity index (χ1v) is 4.16. The third kappa shape index (κ3) is 1.43. The predicted molar refractivity (Wildman–Crippen MR) is 54.2 cm³/mol. The van der Waals surface area contributed by atoms with Crippen molar-refractivity contribution in [2.75, 3.05) is 0 Å². The van der Waals surface area contributed by atoms with E-state index in [1.807, 2.05) is 37.3 Å². The van der Waals surface area contributed by atoms with Gasteiger partial charge in [-0.15, -0.1) is 5.10 Å². The van der Waals surface area contributed by atoms with Crippen molar-refractivity contribution in [3.63, 3.8) is 0 Å². The number of hydrogen-bond acceptors (Lipinski definition) is 2. The second kappa shape index (κ2) is 2.98. The molecule has 0 saturated carbocycles. The van der Waals surface area contributed by atoms with E-state index >= 15 is 0 Å². The van der Waals surface area contributed by atoms with Gasteiger partial charge in [0.1, 0.15) is 0 Å². The van der Waals surface area contributed by atoms with Crippen LogP contribution in [0.25, 0.3) is 16.5 Å². The van der Waals surface area contributed by atoms with Gasteiger partial charge in [0, 0.05) is 5.39 Å². The Balaban J connectivity index is 2.69. The van der Waals surface area contributed by atoms with E-state index < -0.39 is 0 Å². The standard InChI is InChI=1S/C11H10N2/c1-8(2)11-7-9-5-3-4-6-10(9)12-13-11/h3-7H,1H2,2H3. The minimum absolute atomic E-state index is 0.860. The summed E-state index contributed by atoms with van der Waals surface area (Å²) in [5.41, 5.74) is 2.73. The van der Waals surface area contributed by atoms with E-state index in [4.69, 9.17) is 0 Å². The highest BCUT2D eigenvalue weighted by atomic mass is 15.1. The topological polar surface area (TPSA) is 25.8 Å². The summed E-state index contributed by atoms with van der Waals surface area (Å²) >= 11 is 0. The highest BCUT2D eigenvalue weighted by molar-refractivity contribution is 5.80. The van der Waals surface area contributed by atoms with E-state index in [9.17, 15) is 0 Å². The summed E-state index contributed by atoms with van der Waals surface area (Å²) in [6.07, 6.45) is 0. The number of hydrogen-bond donors (Lipinski definition) is 0. The van der Waals surface area contributed by atoms with Gasteiger partial charge in [-0.3, -0.25) is 0 Å². The monoisotopic (exact) mass is 170 g/mol. The predicted octanol–water partition coefficient (Wildman–Crippen LogP) is 2.66. The Kier molecular flexibility index (Phi) is 1.81. The van der Waals surface area contributed by atoms with Gasteiger partial charge in [-0.25, -0.2) is 0 Å². The minimum atomic E-state index is 0.860. The molecule has 13 heavy (non-hydrogen) atoms. The normalized spacial score (nSPS) is 10.2. The molecule has 2 nitrogen and oxygen atoms in total. The van der Waals surface area contributed by atoms with Crippen molar-refractivity contribution in [2.45, 2.75) is 6.92 Å². The lowest BCUT2D eigenvalue weighted by Crippen LogP contribution is -1.89. The average molecular weight is 170 g/mol. The molecular formula is C11H10N2. The molecule has 64 valence electrons. The van der Waals surface area contributed by atoms with Gasteiger partial charge in [-0.05, 0) is 24.6 Å². The summed E-state index contributed by atoms with van der Waals surface area (Å²) in [6.45, 7) is 5.76. The molecule has 0 aliphatic carbocycles. The van der Waals surface area contributed by atoms with Crippen molar-refractivity contribution >= 4 is 16.5 Å². The zero-order chi connectivity index (χ0) is 9.26. The second-order valence-electron chi connectivity index (χ2n) is 3.07. The smallest absolute Gasteiger partial charge is 0.0930 e. The number of rotatable bonds is 1. The summed E-state index contributed by atoms with van der Waals surface area (Å²) in [4.78, 5) is 0. The van der Waals surface area contributed by atoms with Crippen molar-refractivity contribution in [1.29, 1.82) is 0 Å². The summed E-state index contributed by atoms with van der Waals surface area (Å²) < 4.78 is 0. The molecule has 1 aromatic carbocycles. The van der Waals surface area contributed by atoms with Gasteiger partial charge in [0.2, 0.25) is 0 Å². The Bertz CT molecular complexity index is 460. The van der Waals surface area contributed by atoms with Gasteiger partial charge in [0.05, 0.1) is 11.2 Å². The van der Waals surface area contributed by atoms with Crippen molar-refractivity contribution in [3.05, 3.63) is 42.6 Å². The molecular weight excluding hydrogens is 160 g/mol. The lowest BCUT2D eigenvalue weighted by atomic mass is 10.1. The van der Waals surface area contributed by atoms with Crippen LogP contribution in [-0.2, 0) is 0 Å². The number of benzene rings is 1. The fraction of sp³-hybridized carbons (Fsp3) is 0.0909. The molecule has 0 unspecified atom stereocenters. The van der Waals surface area contributed by atoms with Gasteiger partial charge < -0.3 is 0 Å². The number of nitrogens with zero attached hydrogens (tertiary/aromatic N) is 2. The molecule has 0 saturated heterocycles. The Morgan fingerprint density at radius 3 is 2.77 bits per heavy atom. The molecule has 0 amide bonds. The van der Waals surface area contributed by atoms with Crippen molar-refractivity contribution in [1.82, 2.24) is 10.2 Å². The quantitative estimate of drug-likeness (QED) is 0.657. The van der Waals surface area contributed by atoms with Gasteiger partial charge >= 0.3 is 0 Å². The van der Waals surface area contributed by atoms with Crippen molar-refractivity contribution in [3.8, 4) is 0 Å². The molecule has 0 atom stereocenters. The Morgan fingerprint density at radius 1 is 1.23 bits per heavy atom. The number of aromatic nitrogens is 2. The first kappa shape index (κ1) is 7.92. The van der Waals surface area contributed by atoms with Crippen LogP contribution in [0.15, 0.2) is 36.9 Å². The molecule has 0 bridgehead atoms. The van der Waals surface area contributed by atoms with Crippen LogP contribution in [-0.4, -0.2) is 10.2 Å². The molecule has 2 aromatic rings. The van der Waals surface area contributed by atoms with Crippen LogP contribution in [0, 0.1) is 0 Å². The Hall–Kier alpha value is -1.70. The van der Waals surface area contributed by atoms with E-state index in [0.717, 1.165) is 22.2 Å². The first-order chi connectivity index (χ1) is 6.27. The molecule has 0 spiro atoms. The Morgan fingerprint density at radius 2 is 2.00 bits per heavy atom. The SMILES string of the molecule is C=C(C)c1cc2ccccc2nn1. The third-order valence-corrected chi connectivity index (χ3v) is 1.93. The summed E-state index contributed by atoms with van der Waals surface area (Å²) in [5, 5.41) is 9.26. The van der Waals surface area contributed by atoms with Crippen LogP contribution >= 0.6 is 0 Å². The molecule has 0 fully saturated rings. The highest BCUT2D eigenvalue weighted by Gasteiger charge is 1.98. The molecule has 2 rings (SSSR count). The zero-order valence-corrected chi connectivity index (χ0v) is 7.49. The lowest BCUT2D eigenvalue weighted by Gasteiger charge is -1.99. The maximum Gasteiger partial charge on any atom is 0.0930 e. The van der Waals surface area contributed by atoms with E-state index in [-0.39, 0.29) is 0 Å². The lowest BCUT2D eigenvalue weighted by molar-refractivity contribution is 1.05. The minimum Gasteiger partial charge on any atom is -0.150 e. The van der Waals surface area contributed by atoms with Crippen LogP contribution < -0.4 is 0 Å². The van der Waals surface area contributed by atoms with Crippen LogP contribution in [0.2, 0.25) is 0 Å². The molecule has 0 N–H and O–H groups in total. The van der Waals surface area contributed by atoms with Crippen LogP contribution in [0.4, 0.5) is 0 Å². The first-order valence-electron chi connectivity index (χ1n) is 4.16. The molecule has 0 aliphatic rings. The van der Waals surface area contributed by atoms with Gasteiger partial charge in [-0.2, -0.15) is 5.10 Å². The summed E-state index contributed by atoms with van der Waals surface area (Å²) in [5.74, 6) is 0. The maximum atomic E-state index is 4.09. The van der Waals surface area contributed by atoms with E-state index in [2.05, 4.69) is 16.8 Å². The molecule has 1 aromatic heterocycles. The van der Waals surface area contributed by atoms with E-state index in [1.54, 1.807) is 0 Å². The summed E-state index contributed by atoms with van der Waals surface area (Å²) in [6, 6.07) is 9.93. The van der Waals surface area contributed by atoms with Crippen molar-refractivity contribution in [2.24, 2.45) is 0 Å². The number of allylic oxidation sites excluding steroid dienone is 1. The van der Waals surface area contributed by atoms with Crippen molar-refractivity contribution < 1.29 is 0 Å². The molecule has 0 aliphatic heterocycles. The third-order valence-electron chi connectivity index (χ3n) is 1.93. The molecule has 0 radical (unpaired) electrons. The highest BCUT2D eigenvalue weighted by Crippen LogP contribution is 2.14. The average Bonchev–Trinajstić information content (AvgIpc) is 2.17. The van der Waals surface area contributed by atoms with Crippen LogP contribution in [0.5, 0.6) is 0 Å². The second-order valence-corrected chi connectivity index (χ2v) is 3.07. The summed E-state index contributed by atoms with van der Waals surface area (Å²) in [7, 11) is 0. The largest absolute Gasteiger partial charge is 0.150 e. The fourth-order valence-electron chi connectivity index (χ4n) is 1.19. The van der Waals surface area contributed by atoms with Gasteiger partial charge in [0.15, 0.2) is 0 Å². The maximum absolute atomic E-state index is 4.09. The number of fused-ring (bicyclic) bond motifs is 1.